The number of hydrogen-bond acceptors (Lipinski definition) is 2. The summed E-state index contributed by atoms with van der Waals surface area (Å²) >= 11 is 5.91. The van der Waals surface area contributed by atoms with Gasteiger partial charge in [0.05, 0.1) is 16.9 Å². The molecule has 2 rings (SSSR count). The van der Waals surface area contributed by atoms with Gasteiger partial charge in [-0.15, -0.1) is 11.6 Å². The minimum Gasteiger partial charge on any atom is -0.324 e. The fourth-order valence-corrected chi connectivity index (χ4v) is 3.03. The summed E-state index contributed by atoms with van der Waals surface area (Å²) in [5.74, 6) is 1.31. The lowest BCUT2D eigenvalue weighted by Gasteiger charge is -2.16. The lowest BCUT2D eigenvalue weighted by atomic mass is 10.2. The van der Waals surface area contributed by atoms with Crippen LogP contribution in [-0.4, -0.2) is 25.8 Å². The minimum atomic E-state index is -0.835. The molecule has 0 fully saturated rings. The number of alkyl halides is 1. The molecule has 0 N–H and O–H groups in total. The van der Waals surface area contributed by atoms with Gasteiger partial charge >= 0.3 is 0 Å². The Kier molecular flexibility index (Phi) is 4.58. The Labute approximate surface area is 119 Å². The highest BCUT2D eigenvalue weighted by Gasteiger charge is 2.16. The Morgan fingerprint density at radius 2 is 2.26 bits per heavy atom. The van der Waals surface area contributed by atoms with Gasteiger partial charge in [-0.05, 0) is 31.5 Å². The van der Waals surface area contributed by atoms with Crippen LogP contribution in [0.3, 0.4) is 0 Å². The van der Waals surface area contributed by atoms with Crippen LogP contribution in [-0.2, 0) is 16.7 Å². The molecule has 6 heteroatoms. The number of benzene rings is 1. The van der Waals surface area contributed by atoms with Gasteiger partial charge in [-0.25, -0.2) is 9.37 Å². The van der Waals surface area contributed by atoms with Gasteiger partial charge in [-0.1, -0.05) is 0 Å². The van der Waals surface area contributed by atoms with Gasteiger partial charge in [0.2, 0.25) is 0 Å². The van der Waals surface area contributed by atoms with Crippen LogP contribution in [0, 0.1) is 5.82 Å². The monoisotopic (exact) mass is 302 g/mol. The summed E-state index contributed by atoms with van der Waals surface area (Å²) in [6.07, 6.45) is 2.43. The van der Waals surface area contributed by atoms with Crippen molar-refractivity contribution in [2.24, 2.45) is 0 Å². The van der Waals surface area contributed by atoms with E-state index in [9.17, 15) is 8.60 Å². The fourth-order valence-electron chi connectivity index (χ4n) is 2.17. The maximum atomic E-state index is 13.4. The summed E-state index contributed by atoms with van der Waals surface area (Å²) in [6.45, 7) is 2.01. The van der Waals surface area contributed by atoms with Gasteiger partial charge in [-0.3, -0.25) is 4.21 Å². The first-order valence-corrected chi connectivity index (χ1v) is 8.31. The molecule has 0 bridgehead atoms. The zero-order chi connectivity index (χ0) is 14.0. The summed E-state index contributed by atoms with van der Waals surface area (Å²) in [4.78, 5) is 4.41. The zero-order valence-corrected chi connectivity index (χ0v) is 12.5. The van der Waals surface area contributed by atoms with E-state index < -0.39 is 10.8 Å². The third kappa shape index (κ3) is 3.15. The van der Waals surface area contributed by atoms with Crippen LogP contribution < -0.4 is 0 Å². The fraction of sp³-hybridized carbons (Fsp3) is 0.462. The van der Waals surface area contributed by atoms with Gasteiger partial charge in [-0.2, -0.15) is 0 Å². The lowest BCUT2D eigenvalue weighted by molar-refractivity contribution is 0.529. The maximum Gasteiger partial charge on any atom is 0.125 e. The molecular formula is C13H16ClFN2OS. The largest absolute Gasteiger partial charge is 0.324 e. The van der Waals surface area contributed by atoms with Crippen molar-refractivity contribution in [3.8, 4) is 0 Å². The second-order valence-corrected chi connectivity index (χ2v) is 6.40. The molecule has 0 spiro atoms. The average Bonchev–Trinajstić information content (AvgIpc) is 2.73. The first-order valence-electron chi connectivity index (χ1n) is 6.05. The Balaban J connectivity index is 2.44. The summed E-state index contributed by atoms with van der Waals surface area (Å²) in [7, 11) is -0.835. The van der Waals surface area contributed by atoms with Crippen molar-refractivity contribution in [1.29, 1.82) is 0 Å². The molecule has 2 unspecified atom stereocenters. The second kappa shape index (κ2) is 6.01. The van der Waals surface area contributed by atoms with Crippen molar-refractivity contribution in [3.63, 3.8) is 0 Å². The molecule has 2 atom stereocenters. The highest BCUT2D eigenvalue weighted by atomic mass is 35.5. The van der Waals surface area contributed by atoms with E-state index in [2.05, 4.69) is 4.98 Å². The lowest BCUT2D eigenvalue weighted by Crippen LogP contribution is -2.11. The van der Waals surface area contributed by atoms with Crippen molar-refractivity contribution < 1.29 is 8.60 Å². The second-order valence-electron chi connectivity index (χ2n) is 4.58. The molecule has 0 aliphatic rings. The molecule has 0 amide bonds. The molecule has 1 heterocycles. The van der Waals surface area contributed by atoms with Crippen molar-refractivity contribution in [1.82, 2.24) is 9.55 Å². The van der Waals surface area contributed by atoms with Crippen LogP contribution in [0.5, 0.6) is 0 Å². The molecule has 0 aliphatic carbocycles. The van der Waals surface area contributed by atoms with E-state index in [1.807, 2.05) is 11.5 Å². The molecule has 0 saturated carbocycles. The standard InChI is InChI=1S/C13H16ClFN2OS/c1-9(5-6-19(2)18)17-12-7-10(15)3-4-11(12)16-13(17)8-14/h3-4,7,9H,5-6,8H2,1-2H3. The number of halogens is 2. The molecule has 0 saturated heterocycles. The molecule has 104 valence electrons. The van der Waals surface area contributed by atoms with Crippen molar-refractivity contribution in [2.45, 2.75) is 25.3 Å². The zero-order valence-electron chi connectivity index (χ0n) is 10.9. The van der Waals surface area contributed by atoms with E-state index >= 15 is 0 Å². The van der Waals surface area contributed by atoms with E-state index in [1.165, 1.54) is 12.1 Å². The Morgan fingerprint density at radius 3 is 2.89 bits per heavy atom. The van der Waals surface area contributed by atoms with Crippen molar-refractivity contribution in [2.75, 3.05) is 12.0 Å². The first-order chi connectivity index (χ1) is 9.02. The van der Waals surface area contributed by atoms with E-state index in [4.69, 9.17) is 11.6 Å². The summed E-state index contributed by atoms with van der Waals surface area (Å²) in [5.41, 5.74) is 1.48. The van der Waals surface area contributed by atoms with Crippen molar-refractivity contribution in [3.05, 3.63) is 29.8 Å². The third-order valence-electron chi connectivity index (χ3n) is 3.11. The number of aromatic nitrogens is 2. The predicted molar refractivity (Wildman–Crippen MR) is 77.5 cm³/mol. The normalized spacial score (nSPS) is 14.7. The van der Waals surface area contributed by atoms with E-state index in [-0.39, 0.29) is 17.7 Å². The molecule has 0 aliphatic heterocycles. The van der Waals surface area contributed by atoms with Crippen LogP contribution in [0.1, 0.15) is 25.2 Å². The topological polar surface area (TPSA) is 34.9 Å². The quantitative estimate of drug-likeness (QED) is 0.795. The van der Waals surface area contributed by atoms with Crippen LogP contribution in [0.15, 0.2) is 18.2 Å². The smallest absolute Gasteiger partial charge is 0.125 e. The highest BCUT2D eigenvalue weighted by Crippen LogP contribution is 2.25. The molecule has 0 radical (unpaired) electrons. The molecular weight excluding hydrogens is 287 g/mol. The van der Waals surface area contributed by atoms with Crippen molar-refractivity contribution >= 4 is 33.4 Å². The minimum absolute atomic E-state index is 0.0875. The summed E-state index contributed by atoms with van der Waals surface area (Å²) in [6, 6.07) is 4.60. The number of fused-ring (bicyclic) bond motifs is 1. The van der Waals surface area contributed by atoms with Crippen LogP contribution >= 0.6 is 11.6 Å². The van der Waals surface area contributed by atoms with Crippen LogP contribution in [0.4, 0.5) is 4.39 Å². The van der Waals surface area contributed by atoms with Gasteiger partial charge < -0.3 is 4.57 Å². The molecule has 1 aromatic carbocycles. The summed E-state index contributed by atoms with van der Waals surface area (Å²) < 4.78 is 26.5. The molecule has 19 heavy (non-hydrogen) atoms. The maximum absolute atomic E-state index is 13.4. The molecule has 2 aromatic rings. The SMILES string of the molecule is CC(CCS(C)=O)n1c(CCl)nc2ccc(F)cc21. The van der Waals surface area contributed by atoms with Gasteiger partial charge in [0.15, 0.2) is 0 Å². The predicted octanol–water partition coefficient (Wildman–Crippen LogP) is 3.24. The number of nitrogens with zero attached hydrogens (tertiary/aromatic N) is 2. The van der Waals surface area contributed by atoms with E-state index in [0.717, 1.165) is 23.3 Å². The Hall–Kier alpha value is -0.940. The Morgan fingerprint density at radius 1 is 1.53 bits per heavy atom. The highest BCUT2D eigenvalue weighted by molar-refractivity contribution is 7.84. The van der Waals surface area contributed by atoms with Crippen LogP contribution in [0.2, 0.25) is 0 Å². The van der Waals surface area contributed by atoms with Gasteiger partial charge in [0.1, 0.15) is 11.6 Å². The summed E-state index contributed by atoms with van der Waals surface area (Å²) in [5, 5.41) is 0. The first kappa shape index (κ1) is 14.5. The van der Waals surface area contributed by atoms with E-state index in [0.29, 0.717) is 5.75 Å². The van der Waals surface area contributed by atoms with E-state index in [1.54, 1.807) is 12.3 Å². The number of hydrogen-bond donors (Lipinski definition) is 0. The Bertz CT molecular complexity index is 614. The van der Waals surface area contributed by atoms with Gasteiger partial charge in [0, 0.05) is 28.9 Å². The number of imidazole rings is 1. The number of rotatable bonds is 5. The molecule has 1 aromatic heterocycles. The van der Waals surface area contributed by atoms with Crippen LogP contribution in [0.25, 0.3) is 11.0 Å². The molecule has 3 nitrogen and oxygen atoms in total. The van der Waals surface area contributed by atoms with Gasteiger partial charge in [0.25, 0.3) is 0 Å². The average molecular weight is 303 g/mol. The third-order valence-corrected chi connectivity index (χ3v) is 4.16.